The molecular weight excluding hydrogens is 182 g/mol. The molecule has 2 saturated carbocycles. The van der Waals surface area contributed by atoms with Crippen molar-refractivity contribution in [1.29, 1.82) is 5.26 Å². The Morgan fingerprint density at radius 3 is 2.77 bits per heavy atom. The van der Waals surface area contributed by atoms with Gasteiger partial charge in [0.2, 0.25) is 0 Å². The highest BCUT2D eigenvalue weighted by Gasteiger charge is 2.39. The van der Waals surface area contributed by atoms with Crippen LogP contribution in [0.5, 0.6) is 0 Å². The summed E-state index contributed by atoms with van der Waals surface area (Å²) in [6.07, 6.45) is 7.14. The highest BCUT2D eigenvalue weighted by molar-refractivity contribution is 7.80. The smallest absolute Gasteiger partial charge is 0.183 e. The number of nitrogens with zero attached hydrogens (tertiary/aromatic N) is 1. The van der Waals surface area contributed by atoms with Crippen molar-refractivity contribution in [3.63, 3.8) is 0 Å². The van der Waals surface area contributed by atoms with Crippen LogP contribution in [0.1, 0.15) is 25.7 Å². The minimum atomic E-state index is 0.486. The first kappa shape index (κ1) is 8.76. The van der Waals surface area contributed by atoms with Gasteiger partial charge in [0.05, 0.1) is 0 Å². The second kappa shape index (κ2) is 3.51. The summed E-state index contributed by atoms with van der Waals surface area (Å²) >= 11 is 4.96. The Morgan fingerprint density at radius 2 is 2.23 bits per heavy atom. The predicted octanol–water partition coefficient (Wildman–Crippen LogP) is 1.12. The molecule has 0 heterocycles. The molecule has 0 aromatic heterocycles. The van der Waals surface area contributed by atoms with Gasteiger partial charge in [-0.15, -0.1) is 0 Å². The van der Waals surface area contributed by atoms with E-state index in [2.05, 4.69) is 10.6 Å². The summed E-state index contributed by atoms with van der Waals surface area (Å²) in [7, 11) is 0. The summed E-state index contributed by atoms with van der Waals surface area (Å²) in [5, 5.41) is 14.5. The lowest BCUT2D eigenvalue weighted by Gasteiger charge is -2.23. The second-order valence-corrected chi connectivity index (χ2v) is 4.40. The number of rotatable bonds is 1. The Kier molecular flexibility index (Phi) is 2.36. The number of nitrogens with one attached hydrogen (secondary N) is 2. The molecule has 2 N–H and O–H groups in total. The van der Waals surface area contributed by atoms with Crippen LogP contribution in [0.25, 0.3) is 0 Å². The van der Waals surface area contributed by atoms with Crippen LogP contribution in [0.15, 0.2) is 0 Å². The van der Waals surface area contributed by atoms with E-state index in [1.54, 1.807) is 0 Å². The van der Waals surface area contributed by atoms with Gasteiger partial charge in [-0.25, -0.2) is 0 Å². The van der Waals surface area contributed by atoms with E-state index in [1.165, 1.54) is 25.7 Å². The molecule has 2 bridgehead atoms. The molecule has 0 saturated heterocycles. The molecule has 4 heteroatoms. The van der Waals surface area contributed by atoms with Crippen LogP contribution in [0.3, 0.4) is 0 Å². The minimum Gasteiger partial charge on any atom is -0.359 e. The van der Waals surface area contributed by atoms with Gasteiger partial charge in [-0.3, -0.25) is 5.32 Å². The first-order valence-electron chi connectivity index (χ1n) is 4.75. The Balaban J connectivity index is 1.84. The van der Waals surface area contributed by atoms with Gasteiger partial charge in [0.25, 0.3) is 0 Å². The van der Waals surface area contributed by atoms with E-state index >= 15 is 0 Å². The summed E-state index contributed by atoms with van der Waals surface area (Å²) in [6.45, 7) is 0. The molecule has 0 aliphatic heterocycles. The van der Waals surface area contributed by atoms with Crippen LogP contribution >= 0.6 is 12.2 Å². The van der Waals surface area contributed by atoms with Crippen molar-refractivity contribution in [2.45, 2.75) is 31.7 Å². The fourth-order valence-corrected chi connectivity index (χ4v) is 2.87. The minimum absolute atomic E-state index is 0.486. The zero-order valence-corrected chi connectivity index (χ0v) is 8.23. The largest absolute Gasteiger partial charge is 0.359 e. The average molecular weight is 195 g/mol. The van der Waals surface area contributed by atoms with Crippen molar-refractivity contribution in [1.82, 2.24) is 10.6 Å². The van der Waals surface area contributed by atoms with E-state index in [-0.39, 0.29) is 0 Å². The monoisotopic (exact) mass is 195 g/mol. The molecule has 0 spiro atoms. The van der Waals surface area contributed by atoms with Gasteiger partial charge in [-0.05, 0) is 43.3 Å². The summed E-state index contributed by atoms with van der Waals surface area (Å²) < 4.78 is 0. The third-order valence-corrected chi connectivity index (χ3v) is 3.44. The van der Waals surface area contributed by atoms with Crippen LogP contribution in [0.4, 0.5) is 0 Å². The van der Waals surface area contributed by atoms with Crippen LogP contribution < -0.4 is 10.6 Å². The van der Waals surface area contributed by atoms with E-state index < -0.39 is 0 Å². The molecular formula is C9H13N3S. The second-order valence-electron chi connectivity index (χ2n) is 3.99. The van der Waals surface area contributed by atoms with Crippen molar-refractivity contribution in [2.75, 3.05) is 0 Å². The number of hydrogen-bond acceptors (Lipinski definition) is 2. The third kappa shape index (κ3) is 1.75. The summed E-state index contributed by atoms with van der Waals surface area (Å²) in [5.41, 5.74) is 0. The van der Waals surface area contributed by atoms with Crippen LogP contribution in [-0.4, -0.2) is 11.2 Å². The van der Waals surface area contributed by atoms with Crippen LogP contribution in [-0.2, 0) is 0 Å². The maximum Gasteiger partial charge on any atom is 0.183 e. The zero-order valence-electron chi connectivity index (χ0n) is 7.42. The molecule has 2 aliphatic carbocycles. The molecule has 13 heavy (non-hydrogen) atoms. The molecule has 3 nitrogen and oxygen atoms in total. The van der Waals surface area contributed by atoms with Gasteiger partial charge in [0, 0.05) is 6.04 Å². The van der Waals surface area contributed by atoms with Gasteiger partial charge in [-0.1, -0.05) is 6.42 Å². The molecule has 2 rings (SSSR count). The molecule has 2 aliphatic rings. The Hall–Kier alpha value is -0.820. The highest BCUT2D eigenvalue weighted by Crippen LogP contribution is 2.44. The average Bonchev–Trinajstić information content (AvgIpc) is 2.65. The predicted molar refractivity (Wildman–Crippen MR) is 53.7 cm³/mol. The quantitative estimate of drug-likeness (QED) is 0.374. The summed E-state index contributed by atoms with van der Waals surface area (Å²) in [5.74, 6) is 1.70. The molecule has 2 fully saturated rings. The fraction of sp³-hybridized carbons (Fsp3) is 0.778. The summed E-state index contributed by atoms with van der Waals surface area (Å²) in [4.78, 5) is 0. The normalized spacial score (nSPS) is 35.5. The molecule has 0 radical (unpaired) electrons. The van der Waals surface area contributed by atoms with Crippen LogP contribution in [0.2, 0.25) is 0 Å². The fourth-order valence-electron chi connectivity index (χ4n) is 2.68. The number of fused-ring (bicyclic) bond motifs is 2. The number of nitriles is 1. The Labute approximate surface area is 83.5 Å². The maximum absolute atomic E-state index is 8.35. The molecule has 70 valence electrons. The van der Waals surface area contributed by atoms with Gasteiger partial charge in [-0.2, -0.15) is 5.26 Å². The Bertz CT molecular complexity index is 258. The molecule has 3 unspecified atom stereocenters. The molecule has 0 aromatic carbocycles. The Morgan fingerprint density at radius 1 is 1.38 bits per heavy atom. The van der Waals surface area contributed by atoms with Crippen molar-refractivity contribution >= 4 is 17.3 Å². The van der Waals surface area contributed by atoms with E-state index in [0.717, 1.165) is 11.8 Å². The van der Waals surface area contributed by atoms with E-state index in [0.29, 0.717) is 11.2 Å². The molecule has 0 aromatic rings. The number of hydrogen-bond donors (Lipinski definition) is 2. The van der Waals surface area contributed by atoms with Crippen LogP contribution in [0, 0.1) is 23.3 Å². The van der Waals surface area contributed by atoms with Gasteiger partial charge in [0.1, 0.15) is 0 Å². The standard InChI is InChI=1S/C9H13N3S/c10-5-11-9(13)12-8-4-6-1-2-7(8)3-6/h6-8H,1-4H2,(H2,11,12,13). The van der Waals surface area contributed by atoms with Gasteiger partial charge < -0.3 is 5.32 Å². The first-order valence-corrected chi connectivity index (χ1v) is 5.16. The SMILES string of the molecule is N#CNC(=S)NC1CC2CCC1C2. The zero-order chi connectivity index (χ0) is 9.26. The molecule has 0 amide bonds. The van der Waals surface area contributed by atoms with E-state index in [1.807, 2.05) is 6.19 Å². The maximum atomic E-state index is 8.35. The van der Waals surface area contributed by atoms with Gasteiger partial charge in [0.15, 0.2) is 11.3 Å². The van der Waals surface area contributed by atoms with Gasteiger partial charge >= 0.3 is 0 Å². The first-order chi connectivity index (χ1) is 6.29. The lowest BCUT2D eigenvalue weighted by atomic mass is 9.96. The lowest BCUT2D eigenvalue weighted by molar-refractivity contribution is 0.390. The van der Waals surface area contributed by atoms with Crippen molar-refractivity contribution in [3.05, 3.63) is 0 Å². The van der Waals surface area contributed by atoms with E-state index in [9.17, 15) is 0 Å². The number of thiocarbonyl (C=S) groups is 1. The van der Waals surface area contributed by atoms with Crippen molar-refractivity contribution < 1.29 is 0 Å². The highest BCUT2D eigenvalue weighted by atomic mass is 32.1. The lowest BCUT2D eigenvalue weighted by Crippen LogP contribution is -2.42. The van der Waals surface area contributed by atoms with E-state index in [4.69, 9.17) is 17.5 Å². The molecule has 3 atom stereocenters. The summed E-state index contributed by atoms with van der Waals surface area (Å²) in [6, 6.07) is 0.520. The van der Waals surface area contributed by atoms with Crippen molar-refractivity contribution in [3.8, 4) is 6.19 Å². The van der Waals surface area contributed by atoms with Crippen molar-refractivity contribution in [2.24, 2.45) is 11.8 Å². The third-order valence-electron chi connectivity index (χ3n) is 3.22. The topological polar surface area (TPSA) is 47.9 Å².